The third-order valence-corrected chi connectivity index (χ3v) is 4.00. The van der Waals surface area contributed by atoms with E-state index in [1.807, 2.05) is 20.8 Å². The number of carbonyl (C=O) groups excluding carboxylic acids is 2. The molecule has 0 aliphatic heterocycles. The Morgan fingerprint density at radius 1 is 1.16 bits per heavy atom. The van der Waals surface area contributed by atoms with E-state index in [0.29, 0.717) is 35.8 Å². The molecular weight excluding hydrogens is 400 g/mol. The van der Waals surface area contributed by atoms with Crippen molar-refractivity contribution in [3.63, 3.8) is 0 Å². The van der Waals surface area contributed by atoms with E-state index in [4.69, 9.17) is 9.47 Å². The summed E-state index contributed by atoms with van der Waals surface area (Å²) in [7, 11) is 0. The molecule has 164 valence electrons. The van der Waals surface area contributed by atoms with Crippen molar-refractivity contribution < 1.29 is 24.0 Å². The van der Waals surface area contributed by atoms with Gasteiger partial charge in [-0.3, -0.25) is 14.9 Å². The van der Waals surface area contributed by atoms with Gasteiger partial charge >= 0.3 is 5.97 Å². The van der Waals surface area contributed by atoms with Crippen LogP contribution in [0.2, 0.25) is 0 Å². The first-order valence-corrected chi connectivity index (χ1v) is 9.97. The molecule has 0 radical (unpaired) electrons. The molecule has 0 saturated heterocycles. The number of hydrogen-bond donors (Lipinski definition) is 1. The molecule has 0 saturated carbocycles. The lowest BCUT2D eigenvalue weighted by Gasteiger charge is -2.11. The van der Waals surface area contributed by atoms with Gasteiger partial charge in [0.2, 0.25) is 0 Å². The van der Waals surface area contributed by atoms with Crippen LogP contribution in [0.4, 0.5) is 5.69 Å². The van der Waals surface area contributed by atoms with E-state index in [-0.39, 0.29) is 18.0 Å². The Morgan fingerprint density at radius 3 is 2.48 bits per heavy atom. The zero-order valence-electron chi connectivity index (χ0n) is 17.8. The number of carbonyl (C=O) groups is 2. The summed E-state index contributed by atoms with van der Waals surface area (Å²) in [6.07, 6.45) is 1.96. The van der Waals surface area contributed by atoms with Crippen LogP contribution in [0.3, 0.4) is 0 Å². The van der Waals surface area contributed by atoms with Gasteiger partial charge in [0.15, 0.2) is 0 Å². The number of esters is 1. The Labute approximate surface area is 181 Å². The molecule has 0 aliphatic rings. The Hall–Kier alpha value is -3.68. The number of benzene rings is 2. The predicted octanol–water partition coefficient (Wildman–Crippen LogP) is 4.35. The van der Waals surface area contributed by atoms with E-state index >= 15 is 0 Å². The molecular formula is C23H26N2O6. The van der Waals surface area contributed by atoms with Crippen molar-refractivity contribution >= 4 is 23.6 Å². The van der Waals surface area contributed by atoms with Crippen molar-refractivity contribution in [2.75, 3.05) is 13.2 Å². The number of non-ortho nitro benzene ring substituents is 1. The standard InChI is InChI=1S/C23H26N2O6/c1-4-12-30-23(27)21(14-17-6-5-7-19(13-17)25(28)29)24-22(26)18-8-10-20(11-9-18)31-15-16(2)3/h5-11,13-14,16H,4,12,15H2,1-3H3,(H,24,26)/b21-14+. The summed E-state index contributed by atoms with van der Waals surface area (Å²) >= 11 is 0. The lowest BCUT2D eigenvalue weighted by atomic mass is 10.1. The fourth-order valence-electron chi connectivity index (χ4n) is 2.47. The summed E-state index contributed by atoms with van der Waals surface area (Å²) in [6, 6.07) is 12.3. The maximum Gasteiger partial charge on any atom is 0.354 e. The number of rotatable bonds is 10. The smallest absolute Gasteiger partial charge is 0.354 e. The van der Waals surface area contributed by atoms with E-state index in [0.717, 1.165) is 0 Å². The molecule has 1 N–H and O–H groups in total. The molecule has 0 fully saturated rings. The summed E-state index contributed by atoms with van der Waals surface area (Å²) in [6.45, 7) is 6.66. The first kappa shape index (κ1) is 23.6. The normalized spacial score (nSPS) is 11.2. The van der Waals surface area contributed by atoms with Gasteiger partial charge in [0, 0.05) is 17.7 Å². The number of nitro groups is 1. The molecule has 0 aliphatic carbocycles. The molecule has 1 amide bonds. The van der Waals surface area contributed by atoms with Crippen molar-refractivity contribution in [2.45, 2.75) is 27.2 Å². The summed E-state index contributed by atoms with van der Waals surface area (Å²) in [5, 5.41) is 13.5. The van der Waals surface area contributed by atoms with Crippen molar-refractivity contribution in [3.8, 4) is 5.75 Å². The lowest BCUT2D eigenvalue weighted by molar-refractivity contribution is -0.384. The SMILES string of the molecule is CCCOC(=O)/C(=C\c1cccc([N+](=O)[O-])c1)NC(=O)c1ccc(OCC(C)C)cc1. The minimum absolute atomic E-state index is 0.112. The highest BCUT2D eigenvalue weighted by Gasteiger charge is 2.17. The van der Waals surface area contributed by atoms with Gasteiger partial charge < -0.3 is 14.8 Å². The molecule has 31 heavy (non-hydrogen) atoms. The Morgan fingerprint density at radius 2 is 1.87 bits per heavy atom. The van der Waals surface area contributed by atoms with Crippen LogP contribution in [0.5, 0.6) is 5.75 Å². The van der Waals surface area contributed by atoms with Gasteiger partial charge in [-0.15, -0.1) is 0 Å². The van der Waals surface area contributed by atoms with E-state index < -0.39 is 16.8 Å². The van der Waals surface area contributed by atoms with Crippen molar-refractivity contribution in [3.05, 3.63) is 75.5 Å². The highest BCUT2D eigenvalue weighted by atomic mass is 16.6. The van der Waals surface area contributed by atoms with Crippen LogP contribution in [-0.2, 0) is 9.53 Å². The summed E-state index contributed by atoms with van der Waals surface area (Å²) in [5.74, 6) is -0.224. The Bertz CT molecular complexity index is 951. The topological polar surface area (TPSA) is 108 Å². The molecule has 0 spiro atoms. The average Bonchev–Trinajstić information content (AvgIpc) is 2.76. The van der Waals surface area contributed by atoms with Crippen LogP contribution in [-0.4, -0.2) is 30.0 Å². The van der Waals surface area contributed by atoms with Crippen LogP contribution >= 0.6 is 0 Å². The van der Waals surface area contributed by atoms with Gasteiger partial charge in [-0.25, -0.2) is 4.79 Å². The predicted molar refractivity (Wildman–Crippen MR) is 117 cm³/mol. The molecule has 0 aromatic heterocycles. The van der Waals surface area contributed by atoms with Crippen LogP contribution in [0.25, 0.3) is 6.08 Å². The second kappa shape index (κ2) is 11.5. The Balaban J connectivity index is 2.22. The van der Waals surface area contributed by atoms with Crippen molar-refractivity contribution in [1.29, 1.82) is 0 Å². The van der Waals surface area contributed by atoms with E-state index in [9.17, 15) is 19.7 Å². The van der Waals surface area contributed by atoms with Gasteiger partial charge in [-0.05, 0) is 48.2 Å². The number of hydrogen-bond acceptors (Lipinski definition) is 6. The zero-order chi connectivity index (χ0) is 22.8. The molecule has 0 bridgehead atoms. The summed E-state index contributed by atoms with van der Waals surface area (Å²) < 4.78 is 10.7. The zero-order valence-corrected chi connectivity index (χ0v) is 17.8. The van der Waals surface area contributed by atoms with Crippen LogP contribution in [0.15, 0.2) is 54.2 Å². The third-order valence-electron chi connectivity index (χ3n) is 4.00. The first-order valence-electron chi connectivity index (χ1n) is 9.97. The van der Waals surface area contributed by atoms with Crippen molar-refractivity contribution in [1.82, 2.24) is 5.32 Å². The van der Waals surface area contributed by atoms with Crippen LogP contribution in [0, 0.1) is 16.0 Å². The van der Waals surface area contributed by atoms with Crippen LogP contribution < -0.4 is 10.1 Å². The Kier molecular flexibility index (Phi) is 8.75. The van der Waals surface area contributed by atoms with Gasteiger partial charge in [-0.2, -0.15) is 0 Å². The average molecular weight is 426 g/mol. The highest BCUT2D eigenvalue weighted by molar-refractivity contribution is 6.03. The lowest BCUT2D eigenvalue weighted by Crippen LogP contribution is -2.28. The van der Waals surface area contributed by atoms with E-state index in [2.05, 4.69) is 5.32 Å². The number of ether oxygens (including phenoxy) is 2. The minimum Gasteiger partial charge on any atom is -0.493 e. The monoisotopic (exact) mass is 426 g/mol. The molecule has 2 aromatic carbocycles. The van der Waals surface area contributed by atoms with Gasteiger partial charge in [0.25, 0.3) is 11.6 Å². The maximum atomic E-state index is 12.7. The van der Waals surface area contributed by atoms with Crippen molar-refractivity contribution in [2.24, 2.45) is 5.92 Å². The summed E-state index contributed by atoms with van der Waals surface area (Å²) in [4.78, 5) is 35.6. The quantitative estimate of drug-likeness (QED) is 0.262. The third kappa shape index (κ3) is 7.58. The summed E-state index contributed by atoms with van der Waals surface area (Å²) in [5.41, 5.74) is 0.470. The molecule has 2 aromatic rings. The molecule has 8 heteroatoms. The number of nitrogens with zero attached hydrogens (tertiary/aromatic N) is 1. The molecule has 0 heterocycles. The highest BCUT2D eigenvalue weighted by Crippen LogP contribution is 2.17. The minimum atomic E-state index is -0.724. The van der Waals surface area contributed by atoms with Crippen LogP contribution in [0.1, 0.15) is 43.1 Å². The number of nitro benzene ring substituents is 1. The molecule has 2 rings (SSSR count). The van der Waals surface area contributed by atoms with Gasteiger partial charge in [-0.1, -0.05) is 32.9 Å². The fraction of sp³-hybridized carbons (Fsp3) is 0.304. The second-order valence-electron chi connectivity index (χ2n) is 7.23. The molecule has 0 atom stereocenters. The number of amides is 1. The molecule has 8 nitrogen and oxygen atoms in total. The number of nitrogens with one attached hydrogen (secondary N) is 1. The van der Waals surface area contributed by atoms with Gasteiger partial charge in [0.1, 0.15) is 11.4 Å². The maximum absolute atomic E-state index is 12.7. The second-order valence-corrected chi connectivity index (χ2v) is 7.23. The largest absolute Gasteiger partial charge is 0.493 e. The van der Waals surface area contributed by atoms with Gasteiger partial charge in [0.05, 0.1) is 18.1 Å². The van der Waals surface area contributed by atoms with E-state index in [1.54, 1.807) is 30.3 Å². The molecule has 0 unspecified atom stereocenters. The fourth-order valence-corrected chi connectivity index (χ4v) is 2.47. The first-order chi connectivity index (χ1) is 14.8. The van der Waals surface area contributed by atoms with E-state index in [1.165, 1.54) is 24.3 Å².